The van der Waals surface area contributed by atoms with Crippen molar-refractivity contribution in [2.24, 2.45) is 0 Å². The number of aromatic carboxylic acids is 1. The Labute approximate surface area is 164 Å². The number of aromatic nitrogens is 3. The molecule has 0 saturated heterocycles. The van der Waals surface area contributed by atoms with Gasteiger partial charge in [-0.2, -0.15) is 5.10 Å². The molecule has 3 heterocycles. The van der Waals surface area contributed by atoms with Gasteiger partial charge in [0.15, 0.2) is 11.5 Å². The van der Waals surface area contributed by atoms with Crippen molar-refractivity contribution in [1.82, 2.24) is 19.7 Å². The molecule has 0 radical (unpaired) electrons. The summed E-state index contributed by atoms with van der Waals surface area (Å²) in [7, 11) is 0. The fraction of sp³-hybridized carbons (Fsp3) is 0.412. The van der Waals surface area contributed by atoms with Crippen LogP contribution < -0.4 is 0 Å². The minimum atomic E-state index is -1.13. The normalized spacial score (nSPS) is 14.1. The van der Waals surface area contributed by atoms with Gasteiger partial charge in [0, 0.05) is 28.3 Å². The summed E-state index contributed by atoms with van der Waals surface area (Å²) >= 11 is 2.17. The molecule has 0 aliphatic carbocycles. The number of halogens is 1. The first-order valence-electron chi connectivity index (χ1n) is 8.09. The van der Waals surface area contributed by atoms with Crippen LogP contribution in [0, 0.1) is 3.57 Å². The Kier molecular flexibility index (Phi) is 4.91. The van der Waals surface area contributed by atoms with Gasteiger partial charge in [0.05, 0.1) is 12.2 Å². The van der Waals surface area contributed by atoms with E-state index < -0.39 is 17.7 Å². The maximum absolute atomic E-state index is 12.3. The van der Waals surface area contributed by atoms with E-state index in [0.717, 1.165) is 9.26 Å². The molecule has 0 fully saturated rings. The number of carboxylic acid groups (broad SMARTS) is 1. The SMILES string of the molecule is CC(C)(C)OC(=O)N1CCc2c(c(C(=O)O)nn2-c2cc(I)ccn2)C1. The smallest absolute Gasteiger partial charge is 0.410 e. The van der Waals surface area contributed by atoms with Crippen molar-refractivity contribution in [3.05, 3.63) is 38.9 Å². The molecule has 0 spiro atoms. The number of nitrogens with zero attached hydrogens (tertiary/aromatic N) is 4. The van der Waals surface area contributed by atoms with Crippen molar-refractivity contribution in [3.8, 4) is 5.82 Å². The molecule has 0 bridgehead atoms. The first-order chi connectivity index (χ1) is 12.2. The predicted octanol–water partition coefficient (Wildman–Crippen LogP) is 2.86. The zero-order chi connectivity index (χ0) is 19.1. The van der Waals surface area contributed by atoms with Gasteiger partial charge in [0.2, 0.25) is 0 Å². The highest BCUT2D eigenvalue weighted by Crippen LogP contribution is 2.26. The molecule has 1 amide bonds. The molecule has 26 heavy (non-hydrogen) atoms. The van der Waals surface area contributed by atoms with E-state index in [2.05, 4.69) is 32.7 Å². The predicted molar refractivity (Wildman–Crippen MR) is 101 cm³/mol. The molecule has 2 aromatic rings. The molecule has 8 nitrogen and oxygen atoms in total. The molecule has 1 N–H and O–H groups in total. The van der Waals surface area contributed by atoms with Gasteiger partial charge in [-0.3, -0.25) is 0 Å². The fourth-order valence-electron chi connectivity index (χ4n) is 2.77. The summed E-state index contributed by atoms with van der Waals surface area (Å²) in [6.45, 7) is 5.96. The molecule has 0 saturated carbocycles. The van der Waals surface area contributed by atoms with Gasteiger partial charge in [-0.1, -0.05) is 0 Å². The Morgan fingerprint density at radius 1 is 1.35 bits per heavy atom. The fourth-order valence-corrected chi connectivity index (χ4v) is 3.21. The van der Waals surface area contributed by atoms with E-state index in [1.165, 1.54) is 4.90 Å². The monoisotopic (exact) mass is 470 g/mol. The first-order valence-corrected chi connectivity index (χ1v) is 9.17. The first kappa shape index (κ1) is 18.6. The third-order valence-corrected chi connectivity index (χ3v) is 4.51. The van der Waals surface area contributed by atoms with Crippen LogP contribution in [0.15, 0.2) is 18.3 Å². The van der Waals surface area contributed by atoms with Crippen molar-refractivity contribution in [1.29, 1.82) is 0 Å². The van der Waals surface area contributed by atoms with Crippen LogP contribution in [0.2, 0.25) is 0 Å². The molecule has 138 valence electrons. The van der Waals surface area contributed by atoms with E-state index in [1.807, 2.05) is 12.1 Å². The van der Waals surface area contributed by atoms with Crippen molar-refractivity contribution in [2.45, 2.75) is 39.3 Å². The standard InChI is InChI=1S/C17H19IN4O4/c1-17(2,3)26-16(25)21-7-5-12-11(9-21)14(15(23)24)20-22(12)13-8-10(18)4-6-19-13/h4,6,8H,5,7,9H2,1-3H3,(H,23,24). The number of hydrogen-bond acceptors (Lipinski definition) is 5. The molecule has 0 unspecified atom stereocenters. The van der Waals surface area contributed by atoms with Crippen LogP contribution in [-0.4, -0.2) is 49.0 Å². The van der Waals surface area contributed by atoms with Gasteiger partial charge in [-0.15, -0.1) is 0 Å². The Hall–Kier alpha value is -2.17. The van der Waals surface area contributed by atoms with E-state index in [0.29, 0.717) is 24.3 Å². The maximum atomic E-state index is 12.3. The number of carbonyl (C=O) groups excluding carboxylic acids is 1. The summed E-state index contributed by atoms with van der Waals surface area (Å²) in [6.07, 6.45) is 1.67. The zero-order valence-corrected chi connectivity index (χ0v) is 16.8. The summed E-state index contributed by atoms with van der Waals surface area (Å²) in [5.41, 5.74) is 0.614. The third kappa shape index (κ3) is 3.81. The van der Waals surface area contributed by atoms with Crippen molar-refractivity contribution in [2.75, 3.05) is 6.54 Å². The number of carbonyl (C=O) groups is 2. The highest BCUT2D eigenvalue weighted by molar-refractivity contribution is 14.1. The Morgan fingerprint density at radius 3 is 2.69 bits per heavy atom. The number of hydrogen-bond donors (Lipinski definition) is 1. The second kappa shape index (κ2) is 6.86. The number of amides is 1. The van der Waals surface area contributed by atoms with Gasteiger partial charge in [0.1, 0.15) is 5.60 Å². The van der Waals surface area contributed by atoms with Crippen molar-refractivity contribution >= 4 is 34.7 Å². The average molecular weight is 470 g/mol. The van der Waals surface area contributed by atoms with Gasteiger partial charge >= 0.3 is 12.1 Å². The highest BCUT2D eigenvalue weighted by Gasteiger charge is 2.32. The largest absolute Gasteiger partial charge is 0.476 e. The molecular formula is C17H19IN4O4. The van der Waals surface area contributed by atoms with Crippen LogP contribution in [0.1, 0.15) is 42.5 Å². The van der Waals surface area contributed by atoms with E-state index in [1.54, 1.807) is 31.6 Å². The number of carboxylic acids is 1. The number of fused-ring (bicyclic) bond motifs is 1. The molecule has 3 rings (SSSR count). The van der Waals surface area contributed by atoms with Crippen molar-refractivity contribution in [3.63, 3.8) is 0 Å². The lowest BCUT2D eigenvalue weighted by Gasteiger charge is -2.30. The lowest BCUT2D eigenvalue weighted by atomic mass is 10.1. The van der Waals surface area contributed by atoms with E-state index in [9.17, 15) is 14.7 Å². The summed E-state index contributed by atoms with van der Waals surface area (Å²) in [4.78, 5) is 29.8. The van der Waals surface area contributed by atoms with E-state index >= 15 is 0 Å². The van der Waals surface area contributed by atoms with Crippen LogP contribution in [0.25, 0.3) is 5.82 Å². The van der Waals surface area contributed by atoms with Crippen LogP contribution >= 0.6 is 22.6 Å². The summed E-state index contributed by atoms with van der Waals surface area (Å²) in [5.74, 6) is -0.567. The number of ether oxygens (including phenoxy) is 1. The quantitative estimate of drug-likeness (QED) is 0.679. The summed E-state index contributed by atoms with van der Waals surface area (Å²) < 4.78 is 7.93. The van der Waals surface area contributed by atoms with Crippen LogP contribution in [-0.2, 0) is 17.7 Å². The molecule has 0 aromatic carbocycles. The molecule has 1 aliphatic heterocycles. The van der Waals surface area contributed by atoms with Crippen LogP contribution in [0.3, 0.4) is 0 Å². The number of rotatable bonds is 2. The molecule has 2 aromatic heterocycles. The van der Waals surface area contributed by atoms with E-state index in [4.69, 9.17) is 4.74 Å². The lowest BCUT2D eigenvalue weighted by Crippen LogP contribution is -2.40. The summed E-state index contributed by atoms with van der Waals surface area (Å²) in [6, 6.07) is 3.68. The molecule has 1 aliphatic rings. The van der Waals surface area contributed by atoms with Crippen LogP contribution in [0.4, 0.5) is 4.79 Å². The third-order valence-electron chi connectivity index (χ3n) is 3.84. The minimum Gasteiger partial charge on any atom is -0.476 e. The topological polar surface area (TPSA) is 97.5 Å². The summed E-state index contributed by atoms with van der Waals surface area (Å²) in [5, 5.41) is 13.8. The van der Waals surface area contributed by atoms with E-state index in [-0.39, 0.29) is 12.2 Å². The number of pyridine rings is 1. The minimum absolute atomic E-state index is 0.0612. The lowest BCUT2D eigenvalue weighted by molar-refractivity contribution is 0.0221. The average Bonchev–Trinajstić information content (AvgIpc) is 2.92. The van der Waals surface area contributed by atoms with Gasteiger partial charge in [-0.05, 0) is 55.5 Å². The molecule has 9 heteroatoms. The van der Waals surface area contributed by atoms with Crippen LogP contribution in [0.5, 0.6) is 0 Å². The van der Waals surface area contributed by atoms with Gasteiger partial charge in [0.25, 0.3) is 0 Å². The van der Waals surface area contributed by atoms with Gasteiger partial charge < -0.3 is 14.7 Å². The molecular weight excluding hydrogens is 451 g/mol. The van der Waals surface area contributed by atoms with Crippen molar-refractivity contribution < 1.29 is 19.4 Å². The van der Waals surface area contributed by atoms with Gasteiger partial charge in [-0.25, -0.2) is 19.3 Å². The molecule has 0 atom stereocenters. The second-order valence-corrected chi connectivity index (χ2v) is 8.22. The Balaban J connectivity index is 1.97. The highest BCUT2D eigenvalue weighted by atomic mass is 127. The maximum Gasteiger partial charge on any atom is 0.410 e. The second-order valence-electron chi connectivity index (χ2n) is 6.97. The Bertz CT molecular complexity index is 872. The zero-order valence-electron chi connectivity index (χ0n) is 14.7. The Morgan fingerprint density at radius 2 is 2.08 bits per heavy atom.